The van der Waals surface area contributed by atoms with Gasteiger partial charge >= 0.3 is 0 Å². The van der Waals surface area contributed by atoms with Crippen LogP contribution >= 0.6 is 0 Å². The topological polar surface area (TPSA) is 44.1 Å². The highest BCUT2D eigenvalue weighted by Gasteiger charge is 2.16. The molecular formula is C12H10F2N2O2. The second-order valence-electron chi connectivity index (χ2n) is 3.68. The summed E-state index contributed by atoms with van der Waals surface area (Å²) in [4.78, 5) is 12.0. The van der Waals surface area contributed by atoms with Gasteiger partial charge in [-0.3, -0.25) is 4.79 Å². The van der Waals surface area contributed by atoms with Crippen LogP contribution in [0.4, 0.5) is 8.78 Å². The molecule has 0 unspecified atom stereocenters. The fourth-order valence-corrected chi connectivity index (χ4v) is 1.58. The number of ketones is 1. The van der Waals surface area contributed by atoms with E-state index in [1.54, 1.807) is 7.05 Å². The summed E-state index contributed by atoms with van der Waals surface area (Å²) in [5, 5.41) is 3.91. The van der Waals surface area contributed by atoms with Gasteiger partial charge in [0.2, 0.25) is 11.7 Å². The van der Waals surface area contributed by atoms with Gasteiger partial charge in [0.1, 0.15) is 17.3 Å². The molecule has 4 nitrogen and oxygen atoms in total. The van der Waals surface area contributed by atoms with E-state index in [-0.39, 0.29) is 11.3 Å². The largest absolute Gasteiger partial charge is 0.481 e. The van der Waals surface area contributed by atoms with E-state index in [1.165, 1.54) is 17.9 Å². The third kappa shape index (κ3) is 2.22. The van der Waals surface area contributed by atoms with Crippen LogP contribution in [-0.4, -0.2) is 22.7 Å². The molecule has 0 spiro atoms. The van der Waals surface area contributed by atoms with Gasteiger partial charge < -0.3 is 4.74 Å². The van der Waals surface area contributed by atoms with Gasteiger partial charge in [0, 0.05) is 24.7 Å². The maximum atomic E-state index is 13.0. The van der Waals surface area contributed by atoms with Crippen molar-refractivity contribution in [2.45, 2.75) is 0 Å². The molecule has 0 radical (unpaired) electrons. The lowest BCUT2D eigenvalue weighted by molar-refractivity contribution is 0.103. The molecule has 2 aromatic rings. The normalized spacial score (nSPS) is 10.4. The number of hydrogen-bond donors (Lipinski definition) is 0. The van der Waals surface area contributed by atoms with E-state index >= 15 is 0 Å². The molecule has 18 heavy (non-hydrogen) atoms. The smallest absolute Gasteiger partial charge is 0.213 e. The average molecular weight is 252 g/mol. The van der Waals surface area contributed by atoms with Crippen LogP contribution in [0.5, 0.6) is 5.88 Å². The van der Waals surface area contributed by atoms with Gasteiger partial charge in [-0.05, 0) is 12.1 Å². The van der Waals surface area contributed by atoms with Crippen molar-refractivity contribution in [3.63, 3.8) is 0 Å². The third-order valence-electron chi connectivity index (χ3n) is 2.40. The van der Waals surface area contributed by atoms with E-state index in [4.69, 9.17) is 4.74 Å². The minimum atomic E-state index is -0.804. The lowest BCUT2D eigenvalue weighted by Gasteiger charge is -1.98. The van der Waals surface area contributed by atoms with Crippen molar-refractivity contribution in [3.05, 3.63) is 47.2 Å². The fourth-order valence-electron chi connectivity index (χ4n) is 1.58. The van der Waals surface area contributed by atoms with E-state index in [1.807, 2.05) is 0 Å². The minimum absolute atomic E-state index is 0.0688. The molecular weight excluding hydrogens is 242 g/mol. The molecule has 0 saturated carbocycles. The van der Waals surface area contributed by atoms with E-state index in [9.17, 15) is 13.6 Å². The number of halogens is 2. The van der Waals surface area contributed by atoms with E-state index < -0.39 is 17.4 Å². The molecule has 1 aromatic carbocycles. The summed E-state index contributed by atoms with van der Waals surface area (Å²) in [6.07, 6.45) is 0. The van der Waals surface area contributed by atoms with Gasteiger partial charge in [-0.25, -0.2) is 13.5 Å². The Morgan fingerprint density at radius 3 is 2.33 bits per heavy atom. The number of hydrogen-bond acceptors (Lipinski definition) is 3. The maximum Gasteiger partial charge on any atom is 0.213 e. The zero-order valence-electron chi connectivity index (χ0n) is 9.78. The number of rotatable bonds is 3. The van der Waals surface area contributed by atoms with Crippen LogP contribution in [-0.2, 0) is 7.05 Å². The Labute approximate surface area is 102 Å². The average Bonchev–Trinajstić information content (AvgIpc) is 2.68. The van der Waals surface area contributed by atoms with Crippen LogP contribution < -0.4 is 4.74 Å². The molecule has 6 heteroatoms. The lowest BCUT2D eigenvalue weighted by atomic mass is 10.1. The molecule has 0 N–H and O–H groups in total. The second-order valence-corrected chi connectivity index (χ2v) is 3.68. The Morgan fingerprint density at radius 1 is 1.22 bits per heavy atom. The first-order valence-corrected chi connectivity index (χ1v) is 5.10. The minimum Gasteiger partial charge on any atom is -0.481 e. The van der Waals surface area contributed by atoms with Gasteiger partial charge in [-0.1, -0.05) is 0 Å². The summed E-state index contributed by atoms with van der Waals surface area (Å²) in [5.41, 5.74) is -0.0207. The summed E-state index contributed by atoms with van der Waals surface area (Å²) in [7, 11) is 3.04. The molecule has 0 aliphatic carbocycles. The van der Waals surface area contributed by atoms with Crippen molar-refractivity contribution in [1.82, 2.24) is 9.78 Å². The molecule has 1 heterocycles. The first-order valence-electron chi connectivity index (χ1n) is 5.10. The first-order chi connectivity index (χ1) is 8.51. The van der Waals surface area contributed by atoms with Gasteiger partial charge in [0.05, 0.1) is 7.11 Å². The Bertz CT molecular complexity index is 588. The van der Waals surface area contributed by atoms with Gasteiger partial charge in [-0.2, -0.15) is 5.10 Å². The van der Waals surface area contributed by atoms with Crippen molar-refractivity contribution in [2.75, 3.05) is 7.11 Å². The van der Waals surface area contributed by atoms with Crippen LogP contribution in [0, 0.1) is 11.6 Å². The zero-order valence-corrected chi connectivity index (χ0v) is 9.78. The molecule has 2 rings (SSSR count). The van der Waals surface area contributed by atoms with Crippen molar-refractivity contribution in [2.24, 2.45) is 7.05 Å². The summed E-state index contributed by atoms with van der Waals surface area (Å²) >= 11 is 0. The number of ether oxygens (including phenoxy) is 1. The monoisotopic (exact) mass is 252 g/mol. The van der Waals surface area contributed by atoms with Crippen molar-refractivity contribution >= 4 is 5.78 Å². The summed E-state index contributed by atoms with van der Waals surface area (Å²) in [6.45, 7) is 0. The fraction of sp³-hybridized carbons (Fsp3) is 0.167. The Hall–Kier alpha value is -2.24. The maximum absolute atomic E-state index is 13.0. The standard InChI is InChI=1S/C12H10F2N2O2/c1-16-11(18-2)6-10(15-16)12(17)7-3-8(13)5-9(14)4-7/h3-6H,1-2H3. The molecule has 0 amide bonds. The molecule has 0 aliphatic rings. The van der Waals surface area contributed by atoms with Gasteiger partial charge in [0.25, 0.3) is 0 Å². The number of benzene rings is 1. The zero-order chi connectivity index (χ0) is 13.3. The number of carbonyl (C=O) groups is 1. The Balaban J connectivity index is 2.41. The highest BCUT2D eigenvalue weighted by Crippen LogP contribution is 2.16. The molecule has 0 fully saturated rings. The Kier molecular flexibility index (Phi) is 3.10. The van der Waals surface area contributed by atoms with Gasteiger partial charge in [0.15, 0.2) is 0 Å². The predicted molar refractivity (Wildman–Crippen MR) is 59.6 cm³/mol. The number of carbonyl (C=O) groups excluding carboxylic acids is 1. The van der Waals surface area contributed by atoms with Crippen LogP contribution in [0.2, 0.25) is 0 Å². The third-order valence-corrected chi connectivity index (χ3v) is 2.40. The van der Waals surface area contributed by atoms with E-state index in [0.717, 1.165) is 12.1 Å². The van der Waals surface area contributed by atoms with Crippen molar-refractivity contribution in [1.29, 1.82) is 0 Å². The van der Waals surface area contributed by atoms with Crippen LogP contribution in [0.25, 0.3) is 0 Å². The summed E-state index contributed by atoms with van der Waals surface area (Å²) in [6, 6.07) is 4.04. The summed E-state index contributed by atoms with van der Waals surface area (Å²) in [5.74, 6) is -1.79. The molecule has 0 saturated heterocycles. The summed E-state index contributed by atoms with van der Waals surface area (Å²) < 4.78 is 32.3. The SMILES string of the molecule is COc1cc(C(=O)c2cc(F)cc(F)c2)nn1C. The van der Waals surface area contributed by atoms with E-state index in [2.05, 4.69) is 5.10 Å². The number of aryl methyl sites for hydroxylation is 1. The predicted octanol–water partition coefficient (Wildman–Crippen LogP) is 1.94. The highest BCUT2D eigenvalue weighted by molar-refractivity contribution is 6.07. The van der Waals surface area contributed by atoms with Crippen LogP contribution in [0.1, 0.15) is 16.1 Å². The van der Waals surface area contributed by atoms with Crippen LogP contribution in [0.3, 0.4) is 0 Å². The van der Waals surface area contributed by atoms with Crippen molar-refractivity contribution < 1.29 is 18.3 Å². The number of nitrogens with zero attached hydrogens (tertiary/aromatic N) is 2. The Morgan fingerprint density at radius 2 is 1.83 bits per heavy atom. The first kappa shape index (κ1) is 12.2. The molecule has 0 aliphatic heterocycles. The van der Waals surface area contributed by atoms with Gasteiger partial charge in [-0.15, -0.1) is 0 Å². The number of methoxy groups -OCH3 is 1. The van der Waals surface area contributed by atoms with E-state index in [0.29, 0.717) is 11.9 Å². The second kappa shape index (κ2) is 4.56. The highest BCUT2D eigenvalue weighted by atomic mass is 19.1. The van der Waals surface area contributed by atoms with Crippen molar-refractivity contribution in [3.8, 4) is 5.88 Å². The lowest BCUT2D eigenvalue weighted by Crippen LogP contribution is -2.04. The number of aromatic nitrogens is 2. The molecule has 0 bridgehead atoms. The molecule has 94 valence electrons. The molecule has 1 aromatic heterocycles. The quantitative estimate of drug-likeness (QED) is 0.784. The molecule has 0 atom stereocenters. The van der Waals surface area contributed by atoms with Crippen LogP contribution in [0.15, 0.2) is 24.3 Å².